The minimum absolute atomic E-state index is 0.113. The van der Waals surface area contributed by atoms with Gasteiger partial charge in [0.05, 0.1) is 23.8 Å². The number of para-hydroxylation sites is 2. The van der Waals surface area contributed by atoms with Gasteiger partial charge >= 0.3 is 12.1 Å². The average Bonchev–Trinajstić information content (AvgIpc) is 3.37. The molecule has 9 heteroatoms. The predicted octanol–water partition coefficient (Wildman–Crippen LogP) is 2.63. The highest BCUT2D eigenvalue weighted by Gasteiger charge is 2.37. The third kappa shape index (κ3) is 5.48. The van der Waals surface area contributed by atoms with Gasteiger partial charge in [0, 0.05) is 19.2 Å². The number of benzene rings is 2. The molecule has 2 atom stereocenters. The molecule has 1 aliphatic heterocycles. The van der Waals surface area contributed by atoms with Crippen LogP contribution in [0.4, 0.5) is 4.79 Å². The molecule has 0 aliphatic carbocycles. The summed E-state index contributed by atoms with van der Waals surface area (Å²) < 4.78 is 10.3. The van der Waals surface area contributed by atoms with E-state index in [0.29, 0.717) is 30.6 Å². The van der Waals surface area contributed by atoms with Gasteiger partial charge < -0.3 is 14.8 Å². The first-order chi connectivity index (χ1) is 16.5. The normalized spacial score (nSPS) is 16.1. The molecule has 2 aromatic carbocycles. The molecule has 0 saturated carbocycles. The smallest absolute Gasteiger partial charge is 0.410 e. The predicted molar refractivity (Wildman–Crippen MR) is 124 cm³/mol. The molecule has 2 heterocycles. The van der Waals surface area contributed by atoms with Crippen LogP contribution in [0.5, 0.6) is 0 Å². The van der Waals surface area contributed by atoms with Crippen LogP contribution >= 0.6 is 0 Å². The molecule has 0 unspecified atom stereocenters. The molecule has 1 saturated heterocycles. The van der Waals surface area contributed by atoms with Gasteiger partial charge in [0.1, 0.15) is 18.7 Å². The number of methoxy groups -OCH3 is 1. The number of amides is 2. The fourth-order valence-electron chi connectivity index (χ4n) is 3.97. The number of ether oxygens (including phenoxy) is 2. The lowest BCUT2D eigenvalue weighted by Crippen LogP contribution is -2.51. The van der Waals surface area contributed by atoms with E-state index in [1.165, 1.54) is 12.0 Å². The van der Waals surface area contributed by atoms with Gasteiger partial charge in [-0.2, -0.15) is 0 Å². The second-order valence-corrected chi connectivity index (χ2v) is 8.03. The number of esters is 1. The second-order valence-electron chi connectivity index (χ2n) is 8.03. The molecule has 0 bridgehead atoms. The zero-order chi connectivity index (χ0) is 23.9. The van der Waals surface area contributed by atoms with Crippen LogP contribution in [0.2, 0.25) is 0 Å². The van der Waals surface area contributed by atoms with Gasteiger partial charge in [-0.1, -0.05) is 42.5 Å². The van der Waals surface area contributed by atoms with Gasteiger partial charge in [-0.15, -0.1) is 0 Å². The fraction of sp³-hybridized carbons (Fsp3) is 0.320. The molecule has 3 aromatic rings. The van der Waals surface area contributed by atoms with E-state index in [-0.39, 0.29) is 13.0 Å². The molecule has 1 aromatic heterocycles. The van der Waals surface area contributed by atoms with E-state index in [4.69, 9.17) is 9.47 Å². The van der Waals surface area contributed by atoms with E-state index < -0.39 is 30.1 Å². The van der Waals surface area contributed by atoms with Crippen molar-refractivity contribution in [1.82, 2.24) is 20.2 Å². The lowest BCUT2D eigenvalue weighted by Gasteiger charge is -2.25. The van der Waals surface area contributed by atoms with Gasteiger partial charge in [0.2, 0.25) is 5.91 Å². The summed E-state index contributed by atoms with van der Waals surface area (Å²) >= 11 is 0. The minimum Gasteiger partial charge on any atom is -0.467 e. The molecule has 1 fully saturated rings. The van der Waals surface area contributed by atoms with Crippen molar-refractivity contribution in [2.45, 2.75) is 38.0 Å². The first-order valence-electron chi connectivity index (χ1n) is 11.1. The van der Waals surface area contributed by atoms with Crippen LogP contribution in [0.3, 0.4) is 0 Å². The van der Waals surface area contributed by atoms with Crippen molar-refractivity contribution in [3.8, 4) is 0 Å². The number of carbonyl (C=O) groups excluding carboxylic acids is 3. The Morgan fingerprint density at radius 2 is 1.82 bits per heavy atom. The van der Waals surface area contributed by atoms with Gasteiger partial charge in [0.15, 0.2) is 0 Å². The van der Waals surface area contributed by atoms with Crippen LogP contribution in [-0.2, 0) is 32.1 Å². The Balaban J connectivity index is 1.41. The van der Waals surface area contributed by atoms with Crippen molar-refractivity contribution in [3.63, 3.8) is 0 Å². The van der Waals surface area contributed by atoms with E-state index in [1.807, 2.05) is 54.6 Å². The number of hydrogen-bond donors (Lipinski definition) is 1. The van der Waals surface area contributed by atoms with E-state index in [2.05, 4.69) is 15.3 Å². The number of aromatic nitrogens is 2. The topological polar surface area (TPSA) is 111 Å². The molecule has 34 heavy (non-hydrogen) atoms. The number of rotatable bonds is 7. The van der Waals surface area contributed by atoms with Crippen LogP contribution in [0, 0.1) is 0 Å². The highest BCUT2D eigenvalue weighted by molar-refractivity contribution is 5.90. The summed E-state index contributed by atoms with van der Waals surface area (Å²) in [5, 5.41) is 2.73. The van der Waals surface area contributed by atoms with Crippen LogP contribution < -0.4 is 5.32 Å². The summed E-state index contributed by atoms with van der Waals surface area (Å²) in [6.07, 6.45) is 2.28. The Kier molecular flexibility index (Phi) is 7.31. The minimum atomic E-state index is -0.962. The maximum atomic E-state index is 13.1. The molecule has 9 nitrogen and oxygen atoms in total. The van der Waals surface area contributed by atoms with Crippen LogP contribution in [0.1, 0.15) is 24.1 Å². The van der Waals surface area contributed by atoms with E-state index in [1.54, 1.807) is 6.20 Å². The lowest BCUT2D eigenvalue weighted by atomic mass is 10.1. The molecule has 1 aliphatic rings. The summed E-state index contributed by atoms with van der Waals surface area (Å²) in [4.78, 5) is 48.4. The molecule has 176 valence electrons. The molecular weight excluding hydrogens is 436 g/mol. The quantitative estimate of drug-likeness (QED) is 0.538. The largest absolute Gasteiger partial charge is 0.467 e. The number of likely N-dealkylation sites (tertiary alicyclic amines) is 1. The lowest BCUT2D eigenvalue weighted by molar-refractivity contribution is -0.145. The zero-order valence-electron chi connectivity index (χ0n) is 18.8. The monoisotopic (exact) mass is 462 g/mol. The maximum Gasteiger partial charge on any atom is 0.410 e. The number of nitrogens with one attached hydrogen (secondary N) is 1. The van der Waals surface area contributed by atoms with Crippen molar-refractivity contribution in [2.24, 2.45) is 0 Å². The number of fused-ring (bicyclic) bond motifs is 1. The van der Waals surface area contributed by atoms with Crippen molar-refractivity contribution < 1.29 is 23.9 Å². The third-order valence-electron chi connectivity index (χ3n) is 5.71. The highest BCUT2D eigenvalue weighted by atomic mass is 16.6. The average molecular weight is 463 g/mol. The van der Waals surface area contributed by atoms with Crippen molar-refractivity contribution in [1.29, 1.82) is 0 Å². The van der Waals surface area contributed by atoms with Gasteiger partial charge in [-0.3, -0.25) is 14.7 Å². The van der Waals surface area contributed by atoms with Crippen LogP contribution in [-0.4, -0.2) is 58.6 Å². The first kappa shape index (κ1) is 23.2. The van der Waals surface area contributed by atoms with Gasteiger partial charge in [0.25, 0.3) is 0 Å². The SMILES string of the molecule is COC(=O)[C@@H](Cc1cnc2ccccc2n1)NC(=O)[C@H]1CCCN1C(=O)OCc1ccccc1. The number of hydrogen-bond acceptors (Lipinski definition) is 7. The fourth-order valence-corrected chi connectivity index (χ4v) is 3.97. The standard InChI is InChI=1S/C25H26N4O5/c1-33-24(31)21(14-18-15-26-19-10-5-6-11-20(19)27-18)28-23(30)22-12-7-13-29(22)25(32)34-16-17-8-3-2-4-9-17/h2-6,8-11,15,21-22H,7,12-14,16H2,1H3,(H,28,30)/t21-,22-/m1/s1. The van der Waals surface area contributed by atoms with Crippen LogP contribution in [0.15, 0.2) is 60.8 Å². The molecule has 4 rings (SSSR count). The zero-order valence-corrected chi connectivity index (χ0v) is 18.8. The van der Waals surface area contributed by atoms with Crippen molar-refractivity contribution >= 4 is 29.0 Å². The number of nitrogens with zero attached hydrogens (tertiary/aromatic N) is 3. The van der Waals surface area contributed by atoms with Gasteiger partial charge in [-0.05, 0) is 30.5 Å². The summed E-state index contributed by atoms with van der Waals surface area (Å²) in [5.41, 5.74) is 2.83. The van der Waals surface area contributed by atoms with Crippen LogP contribution in [0.25, 0.3) is 11.0 Å². The second kappa shape index (κ2) is 10.7. The molecule has 1 N–H and O–H groups in total. The summed E-state index contributed by atoms with van der Waals surface area (Å²) in [5.74, 6) is -1.03. The summed E-state index contributed by atoms with van der Waals surface area (Å²) in [7, 11) is 1.26. The van der Waals surface area contributed by atoms with Crippen molar-refractivity contribution in [3.05, 3.63) is 72.1 Å². The summed E-state index contributed by atoms with van der Waals surface area (Å²) in [6.45, 7) is 0.528. The molecular formula is C25H26N4O5. The third-order valence-corrected chi connectivity index (χ3v) is 5.71. The molecule has 0 spiro atoms. The number of carbonyl (C=O) groups is 3. The van der Waals surface area contributed by atoms with Crippen molar-refractivity contribution in [2.75, 3.05) is 13.7 Å². The Hall–Kier alpha value is -4.01. The Morgan fingerprint density at radius 3 is 2.59 bits per heavy atom. The highest BCUT2D eigenvalue weighted by Crippen LogP contribution is 2.20. The van der Waals surface area contributed by atoms with E-state index >= 15 is 0 Å². The molecule has 0 radical (unpaired) electrons. The molecule has 2 amide bonds. The summed E-state index contributed by atoms with van der Waals surface area (Å²) in [6, 6.07) is 15.0. The van der Waals surface area contributed by atoms with E-state index in [0.717, 1.165) is 11.1 Å². The maximum absolute atomic E-state index is 13.1. The van der Waals surface area contributed by atoms with E-state index in [9.17, 15) is 14.4 Å². The first-order valence-corrected chi connectivity index (χ1v) is 11.1. The Bertz CT molecular complexity index is 1170. The Morgan fingerprint density at radius 1 is 1.09 bits per heavy atom. The van der Waals surface area contributed by atoms with Gasteiger partial charge in [-0.25, -0.2) is 14.6 Å². The Labute approximate surface area is 197 Å².